The highest BCUT2D eigenvalue weighted by atomic mass is 35.5. The van der Waals surface area contributed by atoms with Gasteiger partial charge in [0.25, 0.3) is 0 Å². The average Bonchev–Trinajstić information content (AvgIpc) is 3.01. The normalized spacial score (nSPS) is 18.4. The molecule has 1 aliphatic rings. The van der Waals surface area contributed by atoms with Crippen molar-refractivity contribution in [2.45, 2.75) is 25.2 Å². The molecule has 3 nitrogen and oxygen atoms in total. The molecule has 0 aliphatic heterocycles. The van der Waals surface area contributed by atoms with Crippen LogP contribution in [-0.2, 0) is 11.2 Å². The number of thiazole rings is 1. The van der Waals surface area contributed by atoms with Gasteiger partial charge in [-0.05, 0) is 43.5 Å². The number of carbonyl (C=O) groups is 1. The van der Waals surface area contributed by atoms with E-state index in [1.807, 2.05) is 24.3 Å². The van der Waals surface area contributed by atoms with E-state index in [2.05, 4.69) is 4.98 Å². The van der Waals surface area contributed by atoms with Crippen LogP contribution in [-0.4, -0.2) is 16.1 Å². The number of carboxylic acid groups (broad SMARTS) is 1. The molecule has 6 heteroatoms. The Morgan fingerprint density at radius 3 is 2.95 bits per heavy atom. The number of aryl methyl sites for hydroxylation is 1. The van der Waals surface area contributed by atoms with Crippen LogP contribution < -0.4 is 0 Å². The van der Waals surface area contributed by atoms with Crippen LogP contribution in [0.2, 0.25) is 4.34 Å². The maximum atomic E-state index is 11.2. The molecule has 20 heavy (non-hydrogen) atoms. The Bertz CT molecular complexity index is 675. The summed E-state index contributed by atoms with van der Waals surface area (Å²) in [6.45, 7) is 0. The summed E-state index contributed by atoms with van der Waals surface area (Å²) in [5, 5.41) is 10.1. The lowest BCUT2D eigenvalue weighted by Crippen LogP contribution is -2.17. The molecule has 1 atom stereocenters. The van der Waals surface area contributed by atoms with Crippen molar-refractivity contribution in [3.8, 4) is 0 Å². The van der Waals surface area contributed by atoms with E-state index in [1.54, 1.807) is 11.3 Å². The molecule has 2 aromatic rings. The minimum atomic E-state index is -0.767. The molecule has 0 bridgehead atoms. The van der Waals surface area contributed by atoms with E-state index >= 15 is 0 Å². The first-order chi connectivity index (χ1) is 9.63. The molecule has 2 aromatic heterocycles. The van der Waals surface area contributed by atoms with E-state index < -0.39 is 11.9 Å². The second-order valence-corrected chi connectivity index (χ2v) is 7.48. The van der Waals surface area contributed by atoms with Crippen molar-refractivity contribution in [2.75, 3.05) is 0 Å². The molecule has 0 saturated carbocycles. The molecule has 0 fully saturated rings. The highest BCUT2D eigenvalue weighted by Gasteiger charge is 2.29. The summed E-state index contributed by atoms with van der Waals surface area (Å²) in [6.07, 6.45) is 6.46. The number of thiophene rings is 1. The summed E-state index contributed by atoms with van der Waals surface area (Å²) in [6, 6.07) is 3.82. The van der Waals surface area contributed by atoms with Gasteiger partial charge >= 0.3 is 5.97 Å². The maximum absolute atomic E-state index is 11.2. The lowest BCUT2D eigenvalue weighted by molar-refractivity contribution is -0.139. The van der Waals surface area contributed by atoms with E-state index in [1.165, 1.54) is 11.3 Å². The van der Waals surface area contributed by atoms with E-state index in [9.17, 15) is 9.90 Å². The summed E-state index contributed by atoms with van der Waals surface area (Å²) < 4.78 is 0.758. The molecular weight excluding hydrogens is 314 g/mol. The third-order valence-electron chi connectivity index (χ3n) is 3.25. The van der Waals surface area contributed by atoms with Crippen molar-refractivity contribution in [3.63, 3.8) is 0 Å². The van der Waals surface area contributed by atoms with Crippen LogP contribution in [0.4, 0.5) is 0 Å². The van der Waals surface area contributed by atoms with Gasteiger partial charge < -0.3 is 5.11 Å². The number of hydrogen-bond acceptors (Lipinski definition) is 4. The molecule has 0 saturated heterocycles. The van der Waals surface area contributed by atoms with Crippen molar-refractivity contribution >= 4 is 52.4 Å². The molecule has 0 radical (unpaired) electrons. The van der Waals surface area contributed by atoms with Gasteiger partial charge in [-0.2, -0.15) is 0 Å². The second kappa shape index (κ2) is 5.68. The fraction of sp³-hybridized carbons (Fsp3) is 0.286. The topological polar surface area (TPSA) is 50.2 Å². The fourth-order valence-corrected chi connectivity index (χ4v) is 4.36. The minimum Gasteiger partial charge on any atom is -0.481 e. The van der Waals surface area contributed by atoms with Gasteiger partial charge in [0.1, 0.15) is 5.01 Å². The third-order valence-corrected chi connectivity index (χ3v) is 5.55. The predicted octanol–water partition coefficient (Wildman–Crippen LogP) is 4.53. The zero-order valence-electron chi connectivity index (χ0n) is 10.5. The smallest absolute Gasteiger partial charge is 0.312 e. The average molecular weight is 326 g/mol. The number of rotatable bonds is 3. The molecule has 1 unspecified atom stereocenters. The van der Waals surface area contributed by atoms with Crippen LogP contribution >= 0.6 is 34.3 Å². The molecule has 104 valence electrons. The molecule has 3 rings (SSSR count). The zero-order chi connectivity index (χ0) is 14.1. The van der Waals surface area contributed by atoms with E-state index in [0.29, 0.717) is 6.42 Å². The summed E-state index contributed by atoms with van der Waals surface area (Å²) in [7, 11) is 0. The molecule has 0 amide bonds. The van der Waals surface area contributed by atoms with Crippen LogP contribution in [0, 0.1) is 0 Å². The maximum Gasteiger partial charge on any atom is 0.312 e. The Hall–Kier alpha value is -1.17. The van der Waals surface area contributed by atoms with Crippen LogP contribution in [0.5, 0.6) is 0 Å². The van der Waals surface area contributed by atoms with Gasteiger partial charge in [0.05, 0.1) is 15.9 Å². The van der Waals surface area contributed by atoms with Gasteiger partial charge in [-0.3, -0.25) is 4.79 Å². The molecule has 1 N–H and O–H groups in total. The quantitative estimate of drug-likeness (QED) is 0.901. The molecule has 1 aliphatic carbocycles. The Balaban J connectivity index is 1.85. The van der Waals surface area contributed by atoms with Crippen LogP contribution in [0.3, 0.4) is 0 Å². The first-order valence-corrected chi connectivity index (χ1v) is 8.30. The molecule has 0 spiro atoms. The number of aliphatic carboxylic acids is 1. The van der Waals surface area contributed by atoms with E-state index in [-0.39, 0.29) is 0 Å². The zero-order valence-corrected chi connectivity index (χ0v) is 12.9. The van der Waals surface area contributed by atoms with Crippen LogP contribution in [0.15, 0.2) is 12.1 Å². The van der Waals surface area contributed by atoms with Gasteiger partial charge in [-0.15, -0.1) is 22.7 Å². The lowest BCUT2D eigenvalue weighted by Gasteiger charge is -2.16. The predicted molar refractivity (Wildman–Crippen MR) is 83.7 cm³/mol. The molecule has 0 aromatic carbocycles. The number of nitrogens with zero attached hydrogens (tertiary/aromatic N) is 1. The highest BCUT2D eigenvalue weighted by molar-refractivity contribution is 7.17. The van der Waals surface area contributed by atoms with Gasteiger partial charge in [0.2, 0.25) is 0 Å². The fourth-order valence-electron chi connectivity index (χ4n) is 2.32. The minimum absolute atomic E-state index is 0.437. The summed E-state index contributed by atoms with van der Waals surface area (Å²) >= 11 is 8.99. The first-order valence-electron chi connectivity index (χ1n) is 6.29. The first kappa shape index (κ1) is 13.8. The SMILES string of the molecule is O=C(O)C1CCCc2sc(/C=C/c3ccc(Cl)s3)nc21. The van der Waals surface area contributed by atoms with Crippen molar-refractivity contribution in [1.82, 2.24) is 4.98 Å². The van der Waals surface area contributed by atoms with Gasteiger partial charge in [-0.25, -0.2) is 4.98 Å². The van der Waals surface area contributed by atoms with Crippen molar-refractivity contribution in [2.24, 2.45) is 0 Å². The van der Waals surface area contributed by atoms with Crippen molar-refractivity contribution < 1.29 is 9.90 Å². The highest BCUT2D eigenvalue weighted by Crippen LogP contribution is 2.35. The van der Waals surface area contributed by atoms with Gasteiger partial charge in [0.15, 0.2) is 0 Å². The van der Waals surface area contributed by atoms with Gasteiger partial charge in [0, 0.05) is 9.75 Å². The number of fused-ring (bicyclic) bond motifs is 1. The largest absolute Gasteiger partial charge is 0.481 e. The Kier molecular flexibility index (Phi) is 3.92. The number of hydrogen-bond donors (Lipinski definition) is 1. The summed E-state index contributed by atoms with van der Waals surface area (Å²) in [5.74, 6) is -1.20. The van der Waals surface area contributed by atoms with Crippen molar-refractivity contribution in [1.29, 1.82) is 0 Å². The monoisotopic (exact) mass is 325 g/mol. The van der Waals surface area contributed by atoms with Crippen LogP contribution in [0.1, 0.15) is 39.2 Å². The second-order valence-electron chi connectivity index (χ2n) is 4.62. The number of halogens is 1. The molecule has 2 heterocycles. The standard InChI is InChI=1S/C14H12ClNO2S2/c15-11-6-4-8(19-11)5-7-12-16-13-9(14(17)18)2-1-3-10(13)20-12/h4-7,9H,1-3H2,(H,17,18)/b7-5+. The summed E-state index contributed by atoms with van der Waals surface area (Å²) in [4.78, 5) is 17.9. The number of carboxylic acids is 1. The van der Waals surface area contributed by atoms with Crippen LogP contribution in [0.25, 0.3) is 12.2 Å². The Morgan fingerprint density at radius 2 is 2.25 bits per heavy atom. The Labute approximate surface area is 129 Å². The molecular formula is C14H12ClNO2S2. The number of aromatic nitrogens is 1. The van der Waals surface area contributed by atoms with Gasteiger partial charge in [-0.1, -0.05) is 11.6 Å². The van der Waals surface area contributed by atoms with Crippen molar-refractivity contribution in [3.05, 3.63) is 36.9 Å². The van der Waals surface area contributed by atoms with E-state index in [4.69, 9.17) is 11.6 Å². The third kappa shape index (κ3) is 2.80. The summed E-state index contributed by atoms with van der Waals surface area (Å²) in [5.41, 5.74) is 0.762. The lowest BCUT2D eigenvalue weighted by atomic mass is 9.91. The van der Waals surface area contributed by atoms with E-state index in [0.717, 1.165) is 37.6 Å². The Morgan fingerprint density at radius 1 is 1.40 bits per heavy atom.